The molecule has 3 atom stereocenters. The number of carbonyl (C=O) groups is 5. The molecule has 47 heavy (non-hydrogen) atoms. The molecule has 16 nitrogen and oxygen atoms in total. The molecule has 0 aliphatic carbocycles. The van der Waals surface area contributed by atoms with Crippen LogP contribution in [0, 0.1) is 0 Å². The molecular formula is C28H28N6NaO10S2+. The molecule has 2 aliphatic rings. The number of nitrogens with zero attached hydrogens (tertiary/aromatic N) is 3. The zero-order valence-corrected chi connectivity index (χ0v) is 25.3. The average Bonchev–Trinajstić information content (AvgIpc) is 3.52. The fraction of sp³-hybridized carbons (Fsp3) is 0.250. The standard InChI is InChI=1S/C28H26N6O10S2.Na.H/c35-23(18(16-4-2-1-3-5-16)31-24(36)19-20(27(38)39)30-14-29-19)32-21-25(37)34-22(28(40)41)17(13-45-26(21)34)12-33-9-6-15(7-10-33)8-11-46(42,43)44;;/h1-7,9-10,14,18,21,26H,8,11-13H2,(H5-,29,30,31,32,35,36,38,39,40,41,42,43,44);;/p+1/t18?,21-,26-;;/m1../s1. The van der Waals surface area contributed by atoms with Crippen LogP contribution >= 0.6 is 11.8 Å². The number of benzene rings is 1. The third kappa shape index (κ3) is 8.09. The monoisotopic (exact) mass is 695 g/mol. The van der Waals surface area contributed by atoms with Gasteiger partial charge in [0.2, 0.25) is 5.91 Å². The number of carbonyl (C=O) groups excluding carboxylic acids is 3. The van der Waals surface area contributed by atoms with Crippen molar-refractivity contribution in [3.05, 3.63) is 95.0 Å². The zero-order valence-electron chi connectivity index (χ0n) is 23.7. The van der Waals surface area contributed by atoms with E-state index in [2.05, 4.69) is 20.6 Å². The Morgan fingerprint density at radius 1 is 1.09 bits per heavy atom. The van der Waals surface area contributed by atoms with Crippen molar-refractivity contribution in [1.29, 1.82) is 0 Å². The van der Waals surface area contributed by atoms with Crippen molar-refractivity contribution in [2.75, 3.05) is 11.5 Å². The van der Waals surface area contributed by atoms with Gasteiger partial charge in [-0.25, -0.2) is 19.1 Å². The summed E-state index contributed by atoms with van der Waals surface area (Å²) in [6, 6.07) is 8.91. The second-order valence-corrected chi connectivity index (χ2v) is 13.0. The topological polar surface area (TPSA) is 240 Å². The molecule has 1 saturated heterocycles. The molecule has 0 spiro atoms. The third-order valence-corrected chi connectivity index (χ3v) is 9.33. The quantitative estimate of drug-likeness (QED) is 0.0584. The summed E-state index contributed by atoms with van der Waals surface area (Å²) in [7, 11) is -4.12. The van der Waals surface area contributed by atoms with E-state index in [0.29, 0.717) is 16.7 Å². The fourth-order valence-electron chi connectivity index (χ4n) is 5.04. The predicted octanol–water partition coefficient (Wildman–Crippen LogP) is -0.913. The van der Waals surface area contributed by atoms with E-state index >= 15 is 0 Å². The second-order valence-electron chi connectivity index (χ2n) is 10.3. The van der Waals surface area contributed by atoms with Crippen LogP contribution < -0.4 is 15.2 Å². The first kappa shape index (κ1) is 35.8. The second kappa shape index (κ2) is 14.8. The summed E-state index contributed by atoms with van der Waals surface area (Å²) in [5.41, 5.74) is 0.301. The average molecular weight is 696 g/mol. The number of rotatable bonds is 12. The van der Waals surface area contributed by atoms with Crippen molar-refractivity contribution in [2.24, 2.45) is 0 Å². The molecule has 19 heteroatoms. The van der Waals surface area contributed by atoms with E-state index in [9.17, 15) is 42.6 Å². The first-order valence-corrected chi connectivity index (χ1v) is 16.3. The first-order chi connectivity index (χ1) is 21.8. The van der Waals surface area contributed by atoms with Crippen molar-refractivity contribution >= 4 is 81.1 Å². The van der Waals surface area contributed by atoms with Crippen LogP contribution in [0.2, 0.25) is 0 Å². The molecule has 4 heterocycles. The number of pyridine rings is 1. The van der Waals surface area contributed by atoms with E-state index in [1.54, 1.807) is 59.4 Å². The van der Waals surface area contributed by atoms with Gasteiger partial charge in [-0.2, -0.15) is 8.42 Å². The summed E-state index contributed by atoms with van der Waals surface area (Å²) >= 11 is 1.25. The molecule has 5 rings (SSSR count). The molecule has 6 N–H and O–H groups in total. The Kier molecular flexibility index (Phi) is 11.3. The molecule has 3 amide bonds. The van der Waals surface area contributed by atoms with Crippen LogP contribution in [-0.2, 0) is 37.5 Å². The maximum absolute atomic E-state index is 13.5. The number of nitrogens with one attached hydrogen (secondary N) is 3. The number of hydrogen-bond donors (Lipinski definition) is 6. The number of H-pyrrole nitrogens is 1. The van der Waals surface area contributed by atoms with Crippen molar-refractivity contribution in [3.8, 4) is 0 Å². The van der Waals surface area contributed by atoms with Crippen LogP contribution in [-0.4, -0.2) is 120 Å². The number of aliphatic carboxylic acids is 1. The van der Waals surface area contributed by atoms with Gasteiger partial charge < -0.3 is 25.8 Å². The normalized spacial score (nSPS) is 17.9. The number of aromatic carboxylic acids is 1. The summed E-state index contributed by atoms with van der Waals surface area (Å²) in [4.78, 5) is 70.7. The molecule has 1 aromatic carbocycles. The summed E-state index contributed by atoms with van der Waals surface area (Å²) in [5, 5.41) is 23.7. The van der Waals surface area contributed by atoms with Gasteiger partial charge >= 0.3 is 41.5 Å². The number of thioether (sulfide) groups is 1. The molecule has 1 fully saturated rings. The van der Waals surface area contributed by atoms with E-state index in [1.165, 1.54) is 11.8 Å². The van der Waals surface area contributed by atoms with Crippen LogP contribution in [0.5, 0.6) is 0 Å². The van der Waals surface area contributed by atoms with Gasteiger partial charge in [0.15, 0.2) is 30.3 Å². The fourth-order valence-corrected chi connectivity index (χ4v) is 6.87. The molecule has 2 aliphatic heterocycles. The SMILES string of the molecule is O=C(O)C1=C(C[n+]2ccc(CCS(=O)(=O)O)cc2)CS[C@@H]2[C@H](NC(=O)C(NC(=O)c3nc[nH]c3C(=O)O)c3ccccc3)C(=O)N12.[NaH]. The van der Waals surface area contributed by atoms with E-state index < -0.39 is 74.4 Å². The molecule has 2 aromatic heterocycles. The molecule has 3 aromatic rings. The molecular weight excluding hydrogens is 667 g/mol. The Morgan fingerprint density at radius 3 is 2.38 bits per heavy atom. The van der Waals surface area contributed by atoms with Crippen LogP contribution in [0.4, 0.5) is 0 Å². The number of aromatic nitrogens is 3. The van der Waals surface area contributed by atoms with Gasteiger partial charge in [-0.05, 0) is 17.5 Å². The van der Waals surface area contributed by atoms with Crippen LogP contribution in [0.1, 0.15) is 38.1 Å². The van der Waals surface area contributed by atoms with Crippen molar-refractivity contribution in [1.82, 2.24) is 25.5 Å². The number of hydrogen-bond acceptors (Lipinski definition) is 9. The Bertz CT molecular complexity index is 1850. The summed E-state index contributed by atoms with van der Waals surface area (Å²) in [6.45, 7) is 0.119. The van der Waals surface area contributed by atoms with Crippen LogP contribution in [0.15, 0.2) is 72.5 Å². The maximum atomic E-state index is 13.5. The summed E-state index contributed by atoms with van der Waals surface area (Å²) < 4.78 is 32.7. The van der Waals surface area contributed by atoms with Gasteiger partial charge in [-0.1, -0.05) is 30.3 Å². The minimum absolute atomic E-state index is 0. The van der Waals surface area contributed by atoms with Gasteiger partial charge in [0, 0.05) is 23.5 Å². The van der Waals surface area contributed by atoms with E-state index in [1.807, 2.05) is 0 Å². The van der Waals surface area contributed by atoms with Crippen molar-refractivity contribution in [3.63, 3.8) is 0 Å². The van der Waals surface area contributed by atoms with E-state index in [4.69, 9.17) is 4.55 Å². The van der Waals surface area contributed by atoms with E-state index in [-0.39, 0.29) is 54.0 Å². The molecule has 0 saturated carbocycles. The van der Waals surface area contributed by atoms with Gasteiger partial charge in [0.1, 0.15) is 23.2 Å². The molecule has 0 radical (unpaired) electrons. The molecule has 0 bridgehead atoms. The van der Waals surface area contributed by atoms with Crippen LogP contribution in [0.3, 0.4) is 0 Å². The number of aryl methyl sites for hydroxylation is 1. The minimum atomic E-state index is -4.12. The number of carboxylic acids is 2. The van der Waals surface area contributed by atoms with Crippen LogP contribution in [0.25, 0.3) is 0 Å². The first-order valence-electron chi connectivity index (χ1n) is 13.6. The number of amides is 3. The predicted molar refractivity (Wildman–Crippen MR) is 166 cm³/mol. The van der Waals surface area contributed by atoms with Gasteiger partial charge in [-0.15, -0.1) is 11.8 Å². The van der Waals surface area contributed by atoms with Gasteiger partial charge in [0.25, 0.3) is 21.9 Å². The summed E-state index contributed by atoms with van der Waals surface area (Å²) in [6.07, 6.45) is 4.38. The molecule has 242 valence electrons. The zero-order chi connectivity index (χ0) is 33.2. The number of imidazole rings is 1. The Morgan fingerprint density at radius 2 is 1.77 bits per heavy atom. The summed E-state index contributed by atoms with van der Waals surface area (Å²) in [5.74, 6) is -5.35. The Labute approximate surface area is 293 Å². The third-order valence-electron chi connectivity index (χ3n) is 7.27. The van der Waals surface area contributed by atoms with Gasteiger partial charge in [0.05, 0.1) is 12.1 Å². The number of β-lactam (4-membered cyclic amide) rings is 1. The van der Waals surface area contributed by atoms with Gasteiger partial charge in [-0.3, -0.25) is 23.8 Å². The van der Waals surface area contributed by atoms with Crippen molar-refractivity contribution in [2.45, 2.75) is 30.4 Å². The number of aromatic amines is 1. The molecule has 1 unspecified atom stereocenters. The van der Waals surface area contributed by atoms with E-state index in [0.717, 1.165) is 11.2 Å². The number of fused-ring (bicyclic) bond motifs is 1. The number of carboxylic acid groups (broad SMARTS) is 2. The van der Waals surface area contributed by atoms with Crippen molar-refractivity contribution < 1.29 is 51.7 Å². The Hall–Kier alpha value is -4.07. The Balaban J connectivity index is 0.00000500.